The van der Waals surface area contributed by atoms with Gasteiger partial charge in [0.2, 0.25) is 0 Å². The summed E-state index contributed by atoms with van der Waals surface area (Å²) in [6.45, 7) is 6.96. The zero-order valence-electron chi connectivity index (χ0n) is 12.6. The van der Waals surface area contributed by atoms with Gasteiger partial charge in [-0.15, -0.1) is 0 Å². The summed E-state index contributed by atoms with van der Waals surface area (Å²) in [4.78, 5) is 8.70. The maximum absolute atomic E-state index is 6.18. The van der Waals surface area contributed by atoms with E-state index in [1.165, 1.54) is 0 Å². The summed E-state index contributed by atoms with van der Waals surface area (Å²) in [6, 6.07) is 2.51. The van der Waals surface area contributed by atoms with E-state index in [-0.39, 0.29) is 0 Å². The van der Waals surface area contributed by atoms with Crippen LogP contribution in [0.15, 0.2) is 12.3 Å². The Morgan fingerprint density at radius 2 is 1.95 bits per heavy atom. The smallest absolute Gasteiger partial charge is 0.128 e. The Morgan fingerprint density at radius 3 is 2.53 bits per heavy atom. The molecule has 4 nitrogen and oxygen atoms in total. The monoisotopic (exact) mass is 284 g/mol. The SMILES string of the molecule is CC(C)NCc1cc(N(C)CCN(C)C)ncc1Cl. The van der Waals surface area contributed by atoms with Crippen molar-refractivity contribution in [2.24, 2.45) is 0 Å². The fraction of sp³-hybridized carbons (Fsp3) is 0.643. The van der Waals surface area contributed by atoms with Gasteiger partial charge in [0.1, 0.15) is 5.82 Å². The number of halogens is 1. The quantitative estimate of drug-likeness (QED) is 0.832. The molecule has 0 aliphatic carbocycles. The molecule has 0 spiro atoms. The molecule has 1 aromatic heterocycles. The molecule has 5 heteroatoms. The largest absolute Gasteiger partial charge is 0.358 e. The highest BCUT2D eigenvalue weighted by Crippen LogP contribution is 2.19. The van der Waals surface area contributed by atoms with E-state index in [4.69, 9.17) is 11.6 Å². The number of anilines is 1. The zero-order valence-corrected chi connectivity index (χ0v) is 13.3. The van der Waals surface area contributed by atoms with Crippen LogP contribution in [0.25, 0.3) is 0 Å². The van der Waals surface area contributed by atoms with Crippen molar-refractivity contribution in [3.63, 3.8) is 0 Å². The van der Waals surface area contributed by atoms with Crippen molar-refractivity contribution in [2.45, 2.75) is 26.4 Å². The van der Waals surface area contributed by atoms with E-state index >= 15 is 0 Å². The third-order valence-electron chi connectivity index (χ3n) is 2.89. The lowest BCUT2D eigenvalue weighted by atomic mass is 10.2. The Labute approximate surface area is 121 Å². The van der Waals surface area contributed by atoms with Gasteiger partial charge in [-0.1, -0.05) is 25.4 Å². The number of nitrogens with one attached hydrogen (secondary N) is 1. The van der Waals surface area contributed by atoms with Gasteiger partial charge >= 0.3 is 0 Å². The van der Waals surface area contributed by atoms with Crippen LogP contribution in [0.3, 0.4) is 0 Å². The van der Waals surface area contributed by atoms with Gasteiger partial charge in [-0.25, -0.2) is 4.98 Å². The van der Waals surface area contributed by atoms with Gasteiger partial charge in [0, 0.05) is 38.9 Å². The number of hydrogen-bond acceptors (Lipinski definition) is 4. The lowest BCUT2D eigenvalue weighted by molar-refractivity contribution is 0.416. The molecule has 19 heavy (non-hydrogen) atoms. The average molecular weight is 285 g/mol. The van der Waals surface area contributed by atoms with Crippen LogP contribution < -0.4 is 10.2 Å². The molecule has 0 fully saturated rings. The number of nitrogens with zero attached hydrogens (tertiary/aromatic N) is 3. The predicted octanol–water partition coefficient (Wildman–Crippen LogP) is 2.23. The summed E-state index contributed by atoms with van der Waals surface area (Å²) in [5, 5.41) is 4.10. The molecule has 0 aliphatic rings. The van der Waals surface area contributed by atoms with Crippen LogP contribution >= 0.6 is 11.6 Å². The molecule has 0 aliphatic heterocycles. The van der Waals surface area contributed by atoms with Crippen LogP contribution in [0.4, 0.5) is 5.82 Å². The van der Waals surface area contributed by atoms with Crippen molar-refractivity contribution >= 4 is 17.4 Å². The first-order chi connectivity index (χ1) is 8.90. The van der Waals surface area contributed by atoms with Crippen molar-refractivity contribution in [1.29, 1.82) is 0 Å². The van der Waals surface area contributed by atoms with E-state index in [2.05, 4.69) is 61.2 Å². The highest BCUT2D eigenvalue weighted by Gasteiger charge is 2.08. The molecule has 1 rings (SSSR count). The second-order valence-electron chi connectivity index (χ2n) is 5.39. The number of aromatic nitrogens is 1. The number of rotatable bonds is 7. The lowest BCUT2D eigenvalue weighted by Crippen LogP contribution is -2.29. The first kappa shape index (κ1) is 16.2. The molecule has 108 valence electrons. The molecular formula is C14H25ClN4. The minimum Gasteiger partial charge on any atom is -0.358 e. The van der Waals surface area contributed by atoms with Crippen molar-refractivity contribution in [2.75, 3.05) is 39.1 Å². The molecule has 1 N–H and O–H groups in total. The highest BCUT2D eigenvalue weighted by molar-refractivity contribution is 6.31. The average Bonchev–Trinajstić information content (AvgIpc) is 2.34. The Kier molecular flexibility index (Phi) is 6.55. The third-order valence-corrected chi connectivity index (χ3v) is 3.24. The summed E-state index contributed by atoms with van der Waals surface area (Å²) in [6.07, 6.45) is 1.74. The summed E-state index contributed by atoms with van der Waals surface area (Å²) in [7, 11) is 6.20. The highest BCUT2D eigenvalue weighted by atomic mass is 35.5. The predicted molar refractivity (Wildman–Crippen MR) is 83.0 cm³/mol. The van der Waals surface area contributed by atoms with Gasteiger partial charge in [-0.3, -0.25) is 0 Å². The summed E-state index contributed by atoms with van der Waals surface area (Å²) >= 11 is 6.18. The van der Waals surface area contributed by atoms with E-state index in [1.807, 2.05) is 0 Å². The van der Waals surface area contributed by atoms with Gasteiger partial charge in [-0.05, 0) is 25.7 Å². The number of pyridine rings is 1. The van der Waals surface area contributed by atoms with Crippen LogP contribution in [0.2, 0.25) is 5.02 Å². The first-order valence-corrected chi connectivity index (χ1v) is 7.01. The first-order valence-electron chi connectivity index (χ1n) is 6.63. The van der Waals surface area contributed by atoms with Crippen LogP contribution in [-0.2, 0) is 6.54 Å². The van der Waals surface area contributed by atoms with Gasteiger partial charge in [0.25, 0.3) is 0 Å². The standard InChI is InChI=1S/C14H25ClN4/c1-11(2)16-9-12-8-14(17-10-13(12)15)19(5)7-6-18(3)4/h8,10-11,16H,6-7,9H2,1-5H3. The van der Waals surface area contributed by atoms with Crippen LogP contribution in [0, 0.1) is 0 Å². The minimum absolute atomic E-state index is 0.444. The summed E-state index contributed by atoms with van der Waals surface area (Å²) in [5.74, 6) is 0.965. The molecule has 0 bridgehead atoms. The van der Waals surface area contributed by atoms with Gasteiger partial charge in [0.15, 0.2) is 0 Å². The fourth-order valence-corrected chi connectivity index (χ4v) is 1.76. The van der Waals surface area contributed by atoms with Crippen molar-refractivity contribution in [3.05, 3.63) is 22.8 Å². The van der Waals surface area contributed by atoms with Crippen LogP contribution in [0.1, 0.15) is 19.4 Å². The van der Waals surface area contributed by atoms with E-state index < -0.39 is 0 Å². The van der Waals surface area contributed by atoms with Gasteiger partial charge in [0.05, 0.1) is 5.02 Å². The fourth-order valence-electron chi connectivity index (χ4n) is 1.59. The second-order valence-corrected chi connectivity index (χ2v) is 5.80. The Bertz CT molecular complexity index is 393. The molecule has 0 radical (unpaired) electrons. The Morgan fingerprint density at radius 1 is 1.26 bits per heavy atom. The molecule has 0 aromatic carbocycles. The maximum Gasteiger partial charge on any atom is 0.128 e. The summed E-state index contributed by atoms with van der Waals surface area (Å²) < 4.78 is 0. The molecule has 0 amide bonds. The van der Waals surface area contributed by atoms with Crippen LogP contribution in [0.5, 0.6) is 0 Å². The molecule has 1 heterocycles. The number of likely N-dealkylation sites (N-methyl/N-ethyl adjacent to an activating group) is 2. The topological polar surface area (TPSA) is 31.4 Å². The molecule has 1 aromatic rings. The second kappa shape index (κ2) is 7.68. The number of hydrogen-bond donors (Lipinski definition) is 1. The van der Waals surface area contributed by atoms with E-state index in [0.29, 0.717) is 6.04 Å². The lowest BCUT2D eigenvalue weighted by Gasteiger charge is -2.21. The van der Waals surface area contributed by atoms with Crippen LogP contribution in [-0.4, -0.2) is 50.2 Å². The molecular weight excluding hydrogens is 260 g/mol. The van der Waals surface area contributed by atoms with Crippen molar-refractivity contribution in [3.8, 4) is 0 Å². The maximum atomic E-state index is 6.18. The normalized spacial score (nSPS) is 11.4. The Hall–Kier alpha value is -0.840. The van der Waals surface area contributed by atoms with E-state index in [0.717, 1.165) is 36.0 Å². The van der Waals surface area contributed by atoms with Crippen molar-refractivity contribution in [1.82, 2.24) is 15.2 Å². The third kappa shape index (κ3) is 5.76. The Balaban J connectivity index is 2.71. The van der Waals surface area contributed by atoms with E-state index in [9.17, 15) is 0 Å². The zero-order chi connectivity index (χ0) is 14.4. The molecule has 0 unspecified atom stereocenters. The molecule has 0 saturated carbocycles. The van der Waals surface area contributed by atoms with E-state index in [1.54, 1.807) is 6.20 Å². The molecule has 0 atom stereocenters. The molecule has 0 saturated heterocycles. The minimum atomic E-state index is 0.444. The van der Waals surface area contributed by atoms with Gasteiger partial charge in [-0.2, -0.15) is 0 Å². The van der Waals surface area contributed by atoms with Crippen molar-refractivity contribution < 1.29 is 0 Å². The summed E-state index contributed by atoms with van der Waals surface area (Å²) in [5.41, 5.74) is 1.09. The van der Waals surface area contributed by atoms with Gasteiger partial charge < -0.3 is 15.1 Å².